The lowest BCUT2D eigenvalue weighted by molar-refractivity contribution is 0.0570. The summed E-state index contributed by atoms with van der Waals surface area (Å²) in [6, 6.07) is 0.559. The number of carbonyl (C=O) groups excluding carboxylic acids is 1. The highest BCUT2D eigenvalue weighted by Crippen LogP contribution is 2.22. The summed E-state index contributed by atoms with van der Waals surface area (Å²) in [7, 11) is 0. The number of hydrogen-bond acceptors (Lipinski definition) is 5. The third-order valence-electron chi connectivity index (χ3n) is 3.93. The molecule has 19 heavy (non-hydrogen) atoms. The summed E-state index contributed by atoms with van der Waals surface area (Å²) in [6.07, 6.45) is 7.68. The van der Waals surface area contributed by atoms with Gasteiger partial charge in [-0.1, -0.05) is 11.8 Å². The van der Waals surface area contributed by atoms with Gasteiger partial charge in [-0.05, 0) is 25.6 Å². The standard InChI is InChI=1S/C13H18N4OS/c1-19-13-14-7-10(8-15-13)12(18)17-6-5-16-4-2-3-11(16)9-17/h7-8,11H,2-6,9H2,1H3/t11-/m0/s1. The van der Waals surface area contributed by atoms with Crippen LogP contribution in [0.4, 0.5) is 0 Å². The van der Waals surface area contributed by atoms with Gasteiger partial charge in [0, 0.05) is 38.1 Å². The van der Waals surface area contributed by atoms with E-state index in [-0.39, 0.29) is 5.91 Å². The summed E-state index contributed by atoms with van der Waals surface area (Å²) in [6.45, 7) is 3.86. The van der Waals surface area contributed by atoms with E-state index in [0.29, 0.717) is 16.8 Å². The molecular weight excluding hydrogens is 260 g/mol. The second-order valence-corrected chi connectivity index (χ2v) is 5.82. The van der Waals surface area contributed by atoms with Gasteiger partial charge in [-0.25, -0.2) is 9.97 Å². The minimum Gasteiger partial charge on any atom is -0.336 e. The van der Waals surface area contributed by atoms with Crippen molar-refractivity contribution in [3.8, 4) is 0 Å². The monoisotopic (exact) mass is 278 g/mol. The van der Waals surface area contributed by atoms with Gasteiger partial charge in [-0.15, -0.1) is 0 Å². The van der Waals surface area contributed by atoms with Gasteiger partial charge >= 0.3 is 0 Å². The Labute approximate surface area is 117 Å². The molecule has 0 radical (unpaired) electrons. The molecule has 2 aliphatic heterocycles. The van der Waals surface area contributed by atoms with Crippen LogP contribution in [0.3, 0.4) is 0 Å². The van der Waals surface area contributed by atoms with Crippen LogP contribution >= 0.6 is 11.8 Å². The first-order valence-electron chi connectivity index (χ1n) is 6.67. The first kappa shape index (κ1) is 12.9. The summed E-state index contributed by atoms with van der Waals surface area (Å²) in [4.78, 5) is 25.2. The Morgan fingerprint density at radius 2 is 2.11 bits per heavy atom. The van der Waals surface area contributed by atoms with Crippen molar-refractivity contribution >= 4 is 17.7 Å². The smallest absolute Gasteiger partial charge is 0.257 e. The summed E-state index contributed by atoms with van der Waals surface area (Å²) in [5.74, 6) is 0.0687. The first-order valence-corrected chi connectivity index (χ1v) is 7.90. The van der Waals surface area contributed by atoms with E-state index in [9.17, 15) is 4.79 Å². The molecule has 1 aromatic heterocycles. The minimum atomic E-state index is 0.0687. The maximum Gasteiger partial charge on any atom is 0.257 e. The predicted molar refractivity (Wildman–Crippen MR) is 74.3 cm³/mol. The fourth-order valence-corrected chi connectivity index (χ4v) is 3.21. The van der Waals surface area contributed by atoms with E-state index in [1.54, 1.807) is 12.4 Å². The molecule has 1 atom stereocenters. The van der Waals surface area contributed by atoms with E-state index in [1.165, 1.54) is 31.1 Å². The minimum absolute atomic E-state index is 0.0687. The molecule has 102 valence electrons. The van der Waals surface area contributed by atoms with Gasteiger partial charge in [0.1, 0.15) is 0 Å². The topological polar surface area (TPSA) is 49.3 Å². The van der Waals surface area contributed by atoms with Gasteiger partial charge in [0.2, 0.25) is 0 Å². The molecule has 2 aliphatic rings. The van der Waals surface area contributed by atoms with Crippen molar-refractivity contribution < 1.29 is 4.79 Å². The number of carbonyl (C=O) groups is 1. The lowest BCUT2D eigenvalue weighted by Crippen LogP contribution is -2.52. The maximum absolute atomic E-state index is 12.4. The zero-order chi connectivity index (χ0) is 13.2. The van der Waals surface area contributed by atoms with E-state index in [4.69, 9.17) is 0 Å². The Kier molecular flexibility index (Phi) is 3.70. The Balaban J connectivity index is 1.69. The average molecular weight is 278 g/mol. The highest BCUT2D eigenvalue weighted by atomic mass is 32.2. The van der Waals surface area contributed by atoms with Crippen LogP contribution in [0.25, 0.3) is 0 Å². The average Bonchev–Trinajstić information content (AvgIpc) is 2.94. The molecule has 0 spiro atoms. The lowest BCUT2D eigenvalue weighted by Gasteiger charge is -2.37. The number of rotatable bonds is 2. The highest BCUT2D eigenvalue weighted by molar-refractivity contribution is 7.98. The number of amides is 1. The number of piperazine rings is 1. The number of aromatic nitrogens is 2. The quantitative estimate of drug-likeness (QED) is 0.599. The van der Waals surface area contributed by atoms with Gasteiger partial charge < -0.3 is 4.90 Å². The van der Waals surface area contributed by atoms with E-state index in [2.05, 4.69) is 14.9 Å². The van der Waals surface area contributed by atoms with Crippen molar-refractivity contribution in [1.29, 1.82) is 0 Å². The number of hydrogen-bond donors (Lipinski definition) is 0. The molecule has 0 aliphatic carbocycles. The number of thioether (sulfide) groups is 1. The normalized spacial score (nSPS) is 23.4. The van der Waals surface area contributed by atoms with Crippen LogP contribution in [0, 0.1) is 0 Å². The van der Waals surface area contributed by atoms with Crippen molar-refractivity contribution in [3.05, 3.63) is 18.0 Å². The molecule has 5 nitrogen and oxygen atoms in total. The van der Waals surface area contributed by atoms with Crippen LogP contribution in [-0.2, 0) is 0 Å². The molecule has 2 saturated heterocycles. The van der Waals surface area contributed by atoms with E-state index >= 15 is 0 Å². The van der Waals surface area contributed by atoms with E-state index in [1.807, 2.05) is 11.2 Å². The van der Waals surface area contributed by atoms with E-state index in [0.717, 1.165) is 19.6 Å². The summed E-state index contributed by atoms with van der Waals surface area (Å²) in [5.41, 5.74) is 0.601. The van der Waals surface area contributed by atoms with Crippen LogP contribution in [0.5, 0.6) is 0 Å². The van der Waals surface area contributed by atoms with Crippen molar-refractivity contribution in [2.45, 2.75) is 24.0 Å². The Morgan fingerprint density at radius 3 is 2.84 bits per heavy atom. The van der Waals surface area contributed by atoms with Crippen LogP contribution < -0.4 is 0 Å². The van der Waals surface area contributed by atoms with Gasteiger partial charge in [0.25, 0.3) is 5.91 Å². The molecular formula is C13H18N4OS. The third kappa shape index (κ3) is 2.60. The van der Waals surface area contributed by atoms with Crippen molar-refractivity contribution in [1.82, 2.24) is 19.8 Å². The van der Waals surface area contributed by atoms with Crippen LogP contribution in [-0.4, -0.2) is 64.2 Å². The highest BCUT2D eigenvalue weighted by Gasteiger charge is 2.32. The molecule has 0 aromatic carbocycles. The Morgan fingerprint density at radius 1 is 1.32 bits per heavy atom. The third-order valence-corrected chi connectivity index (χ3v) is 4.51. The molecule has 0 N–H and O–H groups in total. The van der Waals surface area contributed by atoms with Crippen molar-refractivity contribution in [2.24, 2.45) is 0 Å². The van der Waals surface area contributed by atoms with Crippen molar-refractivity contribution in [3.63, 3.8) is 0 Å². The molecule has 3 rings (SSSR count). The lowest BCUT2D eigenvalue weighted by atomic mass is 10.1. The first-order chi connectivity index (χ1) is 9.28. The molecule has 0 unspecified atom stereocenters. The molecule has 1 amide bonds. The van der Waals surface area contributed by atoms with Crippen LogP contribution in [0.15, 0.2) is 17.6 Å². The summed E-state index contributed by atoms with van der Waals surface area (Å²) in [5, 5.41) is 0.706. The van der Waals surface area contributed by atoms with Gasteiger partial charge in [0.15, 0.2) is 5.16 Å². The maximum atomic E-state index is 12.4. The summed E-state index contributed by atoms with van der Waals surface area (Å²) >= 11 is 1.48. The largest absolute Gasteiger partial charge is 0.336 e. The van der Waals surface area contributed by atoms with E-state index < -0.39 is 0 Å². The van der Waals surface area contributed by atoms with Crippen LogP contribution in [0.2, 0.25) is 0 Å². The fourth-order valence-electron chi connectivity index (χ4n) is 2.89. The molecule has 1 aromatic rings. The second kappa shape index (κ2) is 5.46. The molecule has 3 heterocycles. The molecule has 0 bridgehead atoms. The predicted octanol–water partition coefficient (Wildman–Crippen LogP) is 1.12. The van der Waals surface area contributed by atoms with Gasteiger partial charge in [-0.3, -0.25) is 9.69 Å². The van der Waals surface area contributed by atoms with Gasteiger partial charge in [0.05, 0.1) is 5.56 Å². The van der Waals surface area contributed by atoms with Crippen molar-refractivity contribution in [2.75, 3.05) is 32.4 Å². The van der Waals surface area contributed by atoms with Gasteiger partial charge in [-0.2, -0.15) is 0 Å². The number of nitrogens with zero attached hydrogens (tertiary/aromatic N) is 4. The Bertz CT molecular complexity index is 464. The zero-order valence-corrected chi connectivity index (χ0v) is 11.9. The number of fused-ring (bicyclic) bond motifs is 1. The molecule has 6 heteroatoms. The molecule has 2 fully saturated rings. The summed E-state index contributed by atoms with van der Waals surface area (Å²) < 4.78 is 0. The zero-order valence-electron chi connectivity index (χ0n) is 11.1. The Hall–Kier alpha value is -1.14. The van der Waals surface area contributed by atoms with Crippen LogP contribution in [0.1, 0.15) is 23.2 Å². The SMILES string of the molecule is CSc1ncc(C(=O)N2CCN3CCC[C@H]3C2)cn1. The fraction of sp³-hybridized carbons (Fsp3) is 0.615. The second-order valence-electron chi connectivity index (χ2n) is 5.04. The molecule has 0 saturated carbocycles.